The summed E-state index contributed by atoms with van der Waals surface area (Å²) in [6.45, 7) is 2.14. The average molecular weight is 178 g/mol. The number of pyridine rings is 1. The third-order valence-corrected chi connectivity index (χ3v) is 2.49. The van der Waals surface area contributed by atoms with Gasteiger partial charge in [0.15, 0.2) is 0 Å². The molecule has 1 fully saturated rings. The van der Waals surface area contributed by atoms with Crippen LogP contribution >= 0.6 is 0 Å². The van der Waals surface area contributed by atoms with Gasteiger partial charge in [-0.05, 0) is 19.0 Å². The number of nitrogens with one attached hydrogen (secondary N) is 1. The van der Waals surface area contributed by atoms with E-state index in [1.807, 2.05) is 6.07 Å². The van der Waals surface area contributed by atoms with Crippen molar-refractivity contribution in [3.05, 3.63) is 23.9 Å². The summed E-state index contributed by atoms with van der Waals surface area (Å²) in [5.74, 6) is 1.35. The first-order valence-electron chi connectivity index (χ1n) is 4.61. The third kappa shape index (κ3) is 1.65. The van der Waals surface area contributed by atoms with Crippen molar-refractivity contribution in [2.75, 3.05) is 20.2 Å². The summed E-state index contributed by atoms with van der Waals surface area (Å²) in [6.07, 6.45) is 2.95. The van der Waals surface area contributed by atoms with Gasteiger partial charge in [-0.1, -0.05) is 6.07 Å². The van der Waals surface area contributed by atoms with Gasteiger partial charge in [0, 0.05) is 24.2 Å². The monoisotopic (exact) mass is 178 g/mol. The van der Waals surface area contributed by atoms with Crippen molar-refractivity contribution in [1.29, 1.82) is 0 Å². The smallest absolute Gasteiger partial charge is 0.216 e. The second-order valence-corrected chi connectivity index (χ2v) is 3.29. The van der Waals surface area contributed by atoms with Gasteiger partial charge in [0.2, 0.25) is 5.88 Å². The van der Waals surface area contributed by atoms with E-state index in [9.17, 15) is 0 Å². The normalized spacial score (nSPS) is 21.8. The number of rotatable bonds is 2. The summed E-state index contributed by atoms with van der Waals surface area (Å²) in [5.41, 5.74) is 1.23. The van der Waals surface area contributed by atoms with E-state index in [1.54, 1.807) is 13.3 Å². The molecule has 1 atom stereocenters. The van der Waals surface area contributed by atoms with Crippen molar-refractivity contribution in [3.8, 4) is 5.88 Å². The maximum atomic E-state index is 5.22. The lowest BCUT2D eigenvalue weighted by molar-refractivity contribution is 0.389. The Labute approximate surface area is 78.1 Å². The van der Waals surface area contributed by atoms with E-state index in [0.29, 0.717) is 5.92 Å². The molecule has 0 radical (unpaired) electrons. The number of ether oxygens (including phenoxy) is 1. The average Bonchev–Trinajstić information content (AvgIpc) is 2.70. The molecular weight excluding hydrogens is 164 g/mol. The maximum absolute atomic E-state index is 5.22. The molecule has 0 amide bonds. The molecule has 1 aliphatic rings. The van der Waals surface area contributed by atoms with E-state index < -0.39 is 0 Å². The predicted molar refractivity (Wildman–Crippen MR) is 51.0 cm³/mol. The van der Waals surface area contributed by atoms with Gasteiger partial charge in [-0.2, -0.15) is 0 Å². The molecule has 1 N–H and O–H groups in total. The van der Waals surface area contributed by atoms with Crippen LogP contribution < -0.4 is 10.1 Å². The van der Waals surface area contributed by atoms with Crippen LogP contribution in [0.5, 0.6) is 5.88 Å². The fourth-order valence-electron chi connectivity index (χ4n) is 1.80. The van der Waals surface area contributed by atoms with Gasteiger partial charge in [-0.25, -0.2) is 4.98 Å². The number of hydrogen-bond donors (Lipinski definition) is 1. The molecule has 2 rings (SSSR count). The van der Waals surface area contributed by atoms with Crippen LogP contribution in [-0.2, 0) is 0 Å². The van der Waals surface area contributed by atoms with Crippen LogP contribution in [-0.4, -0.2) is 25.2 Å². The zero-order chi connectivity index (χ0) is 9.10. The zero-order valence-corrected chi connectivity index (χ0v) is 7.79. The van der Waals surface area contributed by atoms with Gasteiger partial charge in [-0.15, -0.1) is 0 Å². The Hall–Kier alpha value is -1.09. The minimum Gasteiger partial charge on any atom is -0.481 e. The minimum atomic E-state index is 0.573. The molecule has 0 bridgehead atoms. The van der Waals surface area contributed by atoms with Gasteiger partial charge >= 0.3 is 0 Å². The molecule has 0 spiro atoms. The van der Waals surface area contributed by atoms with Crippen molar-refractivity contribution in [3.63, 3.8) is 0 Å². The molecule has 1 saturated heterocycles. The first-order chi connectivity index (χ1) is 6.42. The van der Waals surface area contributed by atoms with E-state index in [4.69, 9.17) is 4.74 Å². The van der Waals surface area contributed by atoms with Crippen molar-refractivity contribution in [1.82, 2.24) is 10.3 Å². The van der Waals surface area contributed by atoms with Gasteiger partial charge in [0.1, 0.15) is 0 Å². The van der Waals surface area contributed by atoms with Gasteiger partial charge in [-0.3, -0.25) is 0 Å². The number of aromatic nitrogens is 1. The van der Waals surface area contributed by atoms with Crippen LogP contribution in [0, 0.1) is 0 Å². The van der Waals surface area contributed by atoms with E-state index in [0.717, 1.165) is 19.0 Å². The maximum Gasteiger partial charge on any atom is 0.216 e. The molecule has 0 aliphatic carbocycles. The van der Waals surface area contributed by atoms with Crippen LogP contribution in [0.2, 0.25) is 0 Å². The lowest BCUT2D eigenvalue weighted by Gasteiger charge is -2.11. The van der Waals surface area contributed by atoms with E-state index in [1.165, 1.54) is 12.0 Å². The second-order valence-electron chi connectivity index (χ2n) is 3.29. The van der Waals surface area contributed by atoms with Crippen LogP contribution in [0.3, 0.4) is 0 Å². The highest BCUT2D eigenvalue weighted by molar-refractivity contribution is 5.30. The predicted octanol–water partition coefficient (Wildman–Crippen LogP) is 1.17. The van der Waals surface area contributed by atoms with Gasteiger partial charge in [0.25, 0.3) is 0 Å². The number of methoxy groups -OCH3 is 1. The topological polar surface area (TPSA) is 34.1 Å². The number of hydrogen-bond acceptors (Lipinski definition) is 3. The molecule has 1 aromatic rings. The fourth-order valence-corrected chi connectivity index (χ4v) is 1.80. The largest absolute Gasteiger partial charge is 0.481 e. The van der Waals surface area contributed by atoms with E-state index in [2.05, 4.69) is 16.4 Å². The number of nitrogens with zero attached hydrogens (tertiary/aromatic N) is 1. The summed E-state index contributed by atoms with van der Waals surface area (Å²) in [4.78, 5) is 4.19. The van der Waals surface area contributed by atoms with Crippen LogP contribution in [0.4, 0.5) is 0 Å². The van der Waals surface area contributed by atoms with E-state index in [-0.39, 0.29) is 0 Å². The van der Waals surface area contributed by atoms with Crippen molar-refractivity contribution in [2.24, 2.45) is 0 Å². The third-order valence-electron chi connectivity index (χ3n) is 2.49. The lowest BCUT2D eigenvalue weighted by atomic mass is 10.00. The van der Waals surface area contributed by atoms with Crippen molar-refractivity contribution in [2.45, 2.75) is 12.3 Å². The standard InChI is InChI=1S/C10H14N2O/c1-13-10-9(3-2-5-12-10)8-4-6-11-7-8/h2-3,5,8,11H,4,6-7H2,1H3. The molecule has 70 valence electrons. The Morgan fingerprint density at radius 1 is 1.62 bits per heavy atom. The summed E-state index contributed by atoms with van der Waals surface area (Å²) >= 11 is 0. The zero-order valence-electron chi connectivity index (χ0n) is 7.79. The van der Waals surface area contributed by atoms with Crippen LogP contribution in [0.15, 0.2) is 18.3 Å². The Kier molecular flexibility index (Phi) is 2.45. The Morgan fingerprint density at radius 2 is 2.54 bits per heavy atom. The first-order valence-corrected chi connectivity index (χ1v) is 4.61. The fraction of sp³-hybridized carbons (Fsp3) is 0.500. The Balaban J connectivity index is 2.26. The molecule has 3 nitrogen and oxygen atoms in total. The molecule has 1 aliphatic heterocycles. The van der Waals surface area contributed by atoms with Gasteiger partial charge < -0.3 is 10.1 Å². The van der Waals surface area contributed by atoms with Crippen molar-refractivity contribution >= 4 is 0 Å². The molecule has 0 saturated carbocycles. The SMILES string of the molecule is COc1ncccc1C1CCNC1. The quantitative estimate of drug-likeness (QED) is 0.738. The highest BCUT2D eigenvalue weighted by Gasteiger charge is 2.20. The Morgan fingerprint density at radius 3 is 3.23 bits per heavy atom. The molecule has 3 heteroatoms. The van der Waals surface area contributed by atoms with Crippen molar-refractivity contribution < 1.29 is 4.74 Å². The minimum absolute atomic E-state index is 0.573. The van der Waals surface area contributed by atoms with Crippen LogP contribution in [0.1, 0.15) is 17.9 Å². The summed E-state index contributed by atoms with van der Waals surface area (Å²) in [5, 5.41) is 3.34. The highest BCUT2D eigenvalue weighted by atomic mass is 16.5. The lowest BCUT2D eigenvalue weighted by Crippen LogP contribution is -2.09. The molecule has 1 aromatic heterocycles. The second kappa shape index (κ2) is 3.75. The summed E-state index contributed by atoms with van der Waals surface area (Å²) < 4.78 is 5.22. The van der Waals surface area contributed by atoms with Crippen LogP contribution in [0.25, 0.3) is 0 Å². The summed E-state index contributed by atoms with van der Waals surface area (Å²) in [6, 6.07) is 4.07. The molecule has 0 aromatic carbocycles. The summed E-state index contributed by atoms with van der Waals surface area (Å²) in [7, 11) is 1.67. The molecule has 1 unspecified atom stereocenters. The highest BCUT2D eigenvalue weighted by Crippen LogP contribution is 2.28. The molecule has 13 heavy (non-hydrogen) atoms. The Bertz CT molecular complexity index is 282. The van der Waals surface area contributed by atoms with E-state index >= 15 is 0 Å². The van der Waals surface area contributed by atoms with Gasteiger partial charge in [0.05, 0.1) is 7.11 Å². The molecule has 2 heterocycles. The first kappa shape index (κ1) is 8.51. The molecular formula is C10H14N2O.